The highest BCUT2D eigenvalue weighted by Gasteiger charge is 2.27. The van der Waals surface area contributed by atoms with Crippen LogP contribution in [-0.4, -0.2) is 40.1 Å². The van der Waals surface area contributed by atoms with Crippen molar-refractivity contribution in [3.63, 3.8) is 0 Å². The van der Waals surface area contributed by atoms with Gasteiger partial charge >= 0.3 is 0 Å². The number of ether oxygens (including phenoxy) is 2. The van der Waals surface area contributed by atoms with Gasteiger partial charge in [0.25, 0.3) is 0 Å². The van der Waals surface area contributed by atoms with Gasteiger partial charge in [-0.2, -0.15) is 0 Å². The number of benzene rings is 2. The topological polar surface area (TPSA) is 40.0 Å². The molecular weight excluding hydrogens is 326 g/mol. The molecule has 1 heterocycles. The van der Waals surface area contributed by atoms with Gasteiger partial charge in [-0.15, -0.1) is 0 Å². The van der Waals surface area contributed by atoms with E-state index in [-0.39, 0.29) is 5.78 Å². The highest BCUT2D eigenvalue weighted by Crippen LogP contribution is 2.19. The van der Waals surface area contributed by atoms with Crippen LogP contribution in [-0.2, 0) is 4.79 Å². The first-order valence-corrected chi connectivity index (χ1v) is 8.64. The van der Waals surface area contributed by atoms with Crippen molar-refractivity contribution in [1.29, 1.82) is 0 Å². The van der Waals surface area contributed by atoms with Gasteiger partial charge in [-0.05, 0) is 47.5 Å². The van der Waals surface area contributed by atoms with Crippen molar-refractivity contribution in [2.24, 2.45) is 0 Å². The van der Waals surface area contributed by atoms with Gasteiger partial charge in [0, 0.05) is 0 Å². The quantitative estimate of drug-likeness (QED) is 0.860. The Morgan fingerprint density at radius 2 is 1.15 bits per heavy atom. The predicted molar refractivity (Wildman–Crippen MR) is 104 cm³/mol. The summed E-state index contributed by atoms with van der Waals surface area (Å²) < 4.78 is 10.4. The monoisotopic (exact) mass is 350 g/mol. The third kappa shape index (κ3) is 4.21. The maximum Gasteiger partial charge on any atom is 0.196 e. The van der Waals surface area contributed by atoms with E-state index in [2.05, 4.69) is 7.05 Å². The summed E-state index contributed by atoms with van der Waals surface area (Å²) in [6, 6.07) is 15.5. The largest absolute Gasteiger partial charge is 0.497 e. The number of Topliss-reactive ketones (excluding diaryl/α,β-unsaturated/α-hetero) is 1. The second kappa shape index (κ2) is 8.02. The predicted octanol–water partition coefficient (Wildman–Crippen LogP) is 2.27. The van der Waals surface area contributed by atoms with Gasteiger partial charge < -0.3 is 14.4 Å². The third-order valence-corrected chi connectivity index (χ3v) is 4.48. The standard InChI is InChI=1S/C22H23NO3/c1-23-14-18(12-16-4-8-20(25-2)9-5-16)22(24)19(15-23)13-17-6-10-21(26-3)11-7-17/h4-13H,14-15H2,1-3H3/p+1/b18-12-,19-13+. The Kier molecular flexibility index (Phi) is 5.54. The number of likely N-dealkylation sites (tertiary alicyclic amines) is 1. The Labute approximate surface area is 154 Å². The van der Waals surface area contributed by atoms with Crippen molar-refractivity contribution in [1.82, 2.24) is 0 Å². The zero-order valence-corrected chi connectivity index (χ0v) is 15.4. The van der Waals surface area contributed by atoms with Gasteiger partial charge in [-0.25, -0.2) is 0 Å². The minimum atomic E-state index is 0.127. The number of piperidine rings is 1. The molecule has 3 rings (SSSR count). The van der Waals surface area contributed by atoms with Crippen LogP contribution in [0.3, 0.4) is 0 Å². The summed E-state index contributed by atoms with van der Waals surface area (Å²) in [4.78, 5) is 14.2. The van der Waals surface area contributed by atoms with Crippen LogP contribution in [0.15, 0.2) is 59.7 Å². The zero-order valence-electron chi connectivity index (χ0n) is 15.4. The number of methoxy groups -OCH3 is 2. The average Bonchev–Trinajstić information content (AvgIpc) is 2.66. The van der Waals surface area contributed by atoms with E-state index in [1.807, 2.05) is 60.7 Å². The Bertz CT molecular complexity index is 763. The van der Waals surface area contributed by atoms with Gasteiger partial charge in [-0.3, -0.25) is 4.79 Å². The molecule has 1 atom stereocenters. The molecule has 1 unspecified atom stereocenters. The number of hydrogen-bond donors (Lipinski definition) is 1. The van der Waals surface area contributed by atoms with Gasteiger partial charge in [-0.1, -0.05) is 24.3 Å². The Morgan fingerprint density at radius 3 is 1.50 bits per heavy atom. The van der Waals surface area contributed by atoms with Gasteiger partial charge in [0.05, 0.1) is 32.4 Å². The lowest BCUT2D eigenvalue weighted by Gasteiger charge is -2.23. The maximum atomic E-state index is 12.9. The van der Waals surface area contributed by atoms with Crippen molar-refractivity contribution in [2.45, 2.75) is 0 Å². The molecular formula is C22H24NO3+. The smallest absolute Gasteiger partial charge is 0.196 e. The molecule has 2 aromatic rings. The number of likely N-dealkylation sites (N-methyl/N-ethyl adjacent to an activating group) is 1. The molecule has 134 valence electrons. The van der Waals surface area contributed by atoms with Crippen LogP contribution in [0.5, 0.6) is 11.5 Å². The molecule has 26 heavy (non-hydrogen) atoms. The Balaban J connectivity index is 1.86. The van der Waals surface area contributed by atoms with Crippen LogP contribution in [0, 0.1) is 0 Å². The van der Waals surface area contributed by atoms with Crippen molar-refractivity contribution in [3.8, 4) is 11.5 Å². The number of quaternary nitrogens is 1. The molecule has 1 saturated heterocycles. The molecule has 0 spiro atoms. The van der Waals surface area contributed by atoms with E-state index in [0.717, 1.165) is 46.9 Å². The van der Waals surface area contributed by atoms with Crippen LogP contribution in [0.25, 0.3) is 12.2 Å². The lowest BCUT2D eigenvalue weighted by Crippen LogP contribution is -3.10. The fraction of sp³-hybridized carbons (Fsp3) is 0.227. The summed E-state index contributed by atoms with van der Waals surface area (Å²) in [5.74, 6) is 1.75. The molecule has 4 heteroatoms. The summed E-state index contributed by atoms with van der Waals surface area (Å²) in [7, 11) is 5.40. The van der Waals surface area contributed by atoms with E-state index < -0.39 is 0 Å². The maximum absolute atomic E-state index is 12.9. The third-order valence-electron chi connectivity index (χ3n) is 4.48. The van der Waals surface area contributed by atoms with Crippen molar-refractivity contribution >= 4 is 17.9 Å². The molecule has 1 aliphatic rings. The van der Waals surface area contributed by atoms with E-state index >= 15 is 0 Å². The SMILES string of the molecule is COc1ccc(/C=C2/C[NH+](C)C/C(=C\c3ccc(OC)cc3)C2=O)cc1. The number of hydrogen-bond acceptors (Lipinski definition) is 3. The van der Waals surface area contributed by atoms with Crippen molar-refractivity contribution in [3.05, 3.63) is 70.8 Å². The number of nitrogens with one attached hydrogen (secondary N) is 1. The molecule has 0 aromatic heterocycles. The van der Waals surface area contributed by atoms with Gasteiger partial charge in [0.2, 0.25) is 0 Å². The fourth-order valence-corrected chi connectivity index (χ4v) is 3.12. The molecule has 0 aliphatic carbocycles. The van der Waals surface area contributed by atoms with E-state index in [1.165, 1.54) is 4.90 Å². The lowest BCUT2D eigenvalue weighted by atomic mass is 9.94. The molecule has 4 nitrogen and oxygen atoms in total. The van der Waals surface area contributed by atoms with Crippen LogP contribution < -0.4 is 14.4 Å². The Morgan fingerprint density at radius 1 is 0.769 bits per heavy atom. The normalized spacial score (nSPS) is 20.4. The van der Waals surface area contributed by atoms with E-state index in [1.54, 1.807) is 14.2 Å². The van der Waals surface area contributed by atoms with Crippen molar-refractivity contribution < 1.29 is 19.2 Å². The molecule has 0 amide bonds. The first-order chi connectivity index (χ1) is 12.6. The molecule has 1 N–H and O–H groups in total. The fourth-order valence-electron chi connectivity index (χ4n) is 3.12. The minimum absolute atomic E-state index is 0.127. The molecule has 0 radical (unpaired) electrons. The first kappa shape index (κ1) is 18.0. The van der Waals surface area contributed by atoms with Gasteiger partial charge in [0.15, 0.2) is 5.78 Å². The van der Waals surface area contributed by atoms with Crippen molar-refractivity contribution in [2.75, 3.05) is 34.4 Å². The molecule has 1 fully saturated rings. The minimum Gasteiger partial charge on any atom is -0.497 e. The second-order valence-electron chi connectivity index (χ2n) is 6.53. The number of rotatable bonds is 4. The summed E-state index contributed by atoms with van der Waals surface area (Å²) in [5.41, 5.74) is 3.68. The average molecular weight is 350 g/mol. The number of carbonyl (C=O) groups excluding carboxylic acids is 1. The van der Waals surface area contributed by atoms with Crippen LogP contribution in [0.4, 0.5) is 0 Å². The number of ketones is 1. The highest BCUT2D eigenvalue weighted by molar-refractivity contribution is 6.14. The Hall–Kier alpha value is -2.85. The zero-order chi connectivity index (χ0) is 18.5. The van der Waals surface area contributed by atoms with Crippen LogP contribution in [0.2, 0.25) is 0 Å². The molecule has 2 aromatic carbocycles. The summed E-state index contributed by atoms with van der Waals surface area (Å²) >= 11 is 0. The van der Waals surface area contributed by atoms with Crippen LogP contribution in [0.1, 0.15) is 11.1 Å². The molecule has 1 aliphatic heterocycles. The summed E-state index contributed by atoms with van der Waals surface area (Å²) in [6.45, 7) is 1.45. The lowest BCUT2D eigenvalue weighted by molar-refractivity contribution is -0.870. The second-order valence-corrected chi connectivity index (χ2v) is 6.53. The molecule has 0 saturated carbocycles. The van der Waals surface area contributed by atoms with Gasteiger partial charge in [0.1, 0.15) is 24.6 Å². The molecule has 0 bridgehead atoms. The van der Waals surface area contributed by atoms with Crippen LogP contribution >= 0.6 is 0 Å². The van der Waals surface area contributed by atoms with E-state index in [4.69, 9.17) is 9.47 Å². The van der Waals surface area contributed by atoms with E-state index in [0.29, 0.717) is 0 Å². The summed E-state index contributed by atoms with van der Waals surface area (Å²) in [6.07, 6.45) is 3.96. The summed E-state index contributed by atoms with van der Waals surface area (Å²) in [5, 5.41) is 0. The first-order valence-electron chi connectivity index (χ1n) is 8.64. The van der Waals surface area contributed by atoms with E-state index in [9.17, 15) is 4.79 Å². The number of carbonyl (C=O) groups is 1. The highest BCUT2D eigenvalue weighted by atomic mass is 16.5.